The van der Waals surface area contributed by atoms with Gasteiger partial charge in [-0.3, -0.25) is 0 Å². The molecule has 2 aromatic rings. The Morgan fingerprint density at radius 1 is 1.28 bits per heavy atom. The van der Waals surface area contributed by atoms with Crippen molar-refractivity contribution in [3.63, 3.8) is 0 Å². The maximum atomic E-state index is 11.4. The van der Waals surface area contributed by atoms with E-state index in [-0.39, 0.29) is 5.92 Å². The third-order valence-corrected chi connectivity index (χ3v) is 3.39. The summed E-state index contributed by atoms with van der Waals surface area (Å²) in [6.45, 7) is 0. The first kappa shape index (κ1) is 11.4. The molecule has 1 heterocycles. The van der Waals surface area contributed by atoms with E-state index in [1.807, 2.05) is 0 Å². The molecular weight excluding hydrogens is 252 g/mol. The van der Waals surface area contributed by atoms with Crippen LogP contribution in [0.1, 0.15) is 34.9 Å². The predicted molar refractivity (Wildman–Crippen MR) is 68.1 cm³/mol. The highest BCUT2D eigenvalue weighted by Crippen LogP contribution is 2.44. The van der Waals surface area contributed by atoms with Crippen LogP contribution in [0.25, 0.3) is 11.1 Å². The van der Waals surface area contributed by atoms with Crippen LogP contribution in [0.5, 0.6) is 0 Å². The van der Waals surface area contributed by atoms with E-state index in [1.165, 1.54) is 6.26 Å². The Morgan fingerprint density at radius 2 is 1.94 bits per heavy atom. The summed E-state index contributed by atoms with van der Waals surface area (Å²) in [5, 5.41) is 9.97. The van der Waals surface area contributed by atoms with Crippen LogP contribution in [0, 0.1) is 0 Å². The second kappa shape index (κ2) is 4.18. The zero-order valence-corrected chi connectivity index (χ0v) is 10.3. The number of halogens is 1. The molecule has 0 bridgehead atoms. The molecule has 1 N–H and O–H groups in total. The zero-order chi connectivity index (χ0) is 12.7. The van der Waals surface area contributed by atoms with Crippen LogP contribution >= 0.6 is 11.6 Å². The van der Waals surface area contributed by atoms with Gasteiger partial charge in [-0.25, -0.2) is 4.79 Å². The number of furan rings is 1. The van der Waals surface area contributed by atoms with Crippen LogP contribution in [-0.4, -0.2) is 11.1 Å². The van der Waals surface area contributed by atoms with E-state index in [0.717, 1.165) is 18.4 Å². The Balaban J connectivity index is 2.11. The number of rotatable bonds is 3. The van der Waals surface area contributed by atoms with Crippen molar-refractivity contribution in [2.75, 3.05) is 0 Å². The second-order valence-electron chi connectivity index (χ2n) is 4.47. The molecular formula is C14H11ClO3. The topological polar surface area (TPSA) is 50.4 Å². The minimum atomic E-state index is -0.935. The molecule has 3 rings (SSSR count). The Bertz CT molecular complexity index is 594. The number of hydrogen-bond acceptors (Lipinski definition) is 2. The molecule has 4 heteroatoms. The fourth-order valence-electron chi connectivity index (χ4n) is 2.08. The van der Waals surface area contributed by atoms with Crippen molar-refractivity contribution in [3.05, 3.63) is 46.9 Å². The van der Waals surface area contributed by atoms with Crippen LogP contribution in [-0.2, 0) is 0 Å². The van der Waals surface area contributed by atoms with Gasteiger partial charge in [-0.05, 0) is 30.5 Å². The van der Waals surface area contributed by atoms with Gasteiger partial charge in [-0.2, -0.15) is 0 Å². The molecule has 1 aromatic carbocycles. The monoisotopic (exact) mass is 262 g/mol. The Labute approximate surface area is 109 Å². The van der Waals surface area contributed by atoms with Crippen LogP contribution in [0.4, 0.5) is 0 Å². The van der Waals surface area contributed by atoms with Gasteiger partial charge in [-0.15, -0.1) is 0 Å². The molecule has 0 unspecified atom stereocenters. The van der Waals surface area contributed by atoms with Gasteiger partial charge in [0.25, 0.3) is 0 Å². The number of hydrogen-bond donors (Lipinski definition) is 1. The average Bonchev–Trinajstić information content (AvgIpc) is 3.09. The Hall–Kier alpha value is -1.74. The van der Waals surface area contributed by atoms with Gasteiger partial charge in [0, 0.05) is 16.5 Å². The lowest BCUT2D eigenvalue weighted by molar-refractivity contribution is 0.0695. The summed E-state index contributed by atoms with van der Waals surface area (Å²) >= 11 is 5.83. The maximum absolute atomic E-state index is 11.4. The standard InChI is InChI=1S/C14H11ClO3/c15-10-5-3-8(4-6-10)11-7-18-13(9-1-2-9)12(11)14(16)17/h3-7,9H,1-2H2,(H,16,17). The smallest absolute Gasteiger partial charge is 0.339 e. The normalized spacial score (nSPS) is 14.7. The highest BCUT2D eigenvalue weighted by atomic mass is 35.5. The molecule has 1 saturated carbocycles. The second-order valence-corrected chi connectivity index (χ2v) is 4.91. The molecule has 92 valence electrons. The first-order valence-corrected chi connectivity index (χ1v) is 6.15. The van der Waals surface area contributed by atoms with Crippen molar-refractivity contribution >= 4 is 17.6 Å². The average molecular weight is 263 g/mol. The van der Waals surface area contributed by atoms with E-state index in [1.54, 1.807) is 24.3 Å². The zero-order valence-electron chi connectivity index (χ0n) is 9.52. The highest BCUT2D eigenvalue weighted by molar-refractivity contribution is 6.30. The fraction of sp³-hybridized carbons (Fsp3) is 0.214. The molecule has 0 atom stereocenters. The third-order valence-electron chi connectivity index (χ3n) is 3.14. The molecule has 18 heavy (non-hydrogen) atoms. The van der Waals surface area contributed by atoms with Crippen molar-refractivity contribution in [3.8, 4) is 11.1 Å². The summed E-state index contributed by atoms with van der Waals surface area (Å²) < 4.78 is 5.45. The fourth-order valence-corrected chi connectivity index (χ4v) is 2.21. The first-order chi connectivity index (χ1) is 8.66. The van der Waals surface area contributed by atoms with Crippen LogP contribution in [0.3, 0.4) is 0 Å². The molecule has 0 radical (unpaired) electrons. The van der Waals surface area contributed by atoms with Crippen LogP contribution < -0.4 is 0 Å². The van der Waals surface area contributed by atoms with E-state index in [2.05, 4.69) is 0 Å². The lowest BCUT2D eigenvalue weighted by Gasteiger charge is -2.01. The van der Waals surface area contributed by atoms with E-state index in [0.29, 0.717) is 21.9 Å². The Kier molecular flexibility index (Phi) is 2.63. The highest BCUT2D eigenvalue weighted by Gasteiger charge is 2.33. The quantitative estimate of drug-likeness (QED) is 0.903. The summed E-state index contributed by atoms with van der Waals surface area (Å²) in [6, 6.07) is 7.09. The molecule has 3 nitrogen and oxygen atoms in total. The molecule has 0 amide bonds. The van der Waals surface area contributed by atoms with Crippen LogP contribution in [0.15, 0.2) is 34.9 Å². The van der Waals surface area contributed by atoms with E-state index >= 15 is 0 Å². The molecule has 1 aromatic heterocycles. The van der Waals surface area contributed by atoms with Gasteiger partial charge in [0.15, 0.2) is 0 Å². The van der Waals surface area contributed by atoms with Crippen molar-refractivity contribution < 1.29 is 14.3 Å². The number of carboxylic acids is 1. The van der Waals surface area contributed by atoms with E-state index in [9.17, 15) is 9.90 Å². The number of benzene rings is 1. The lowest BCUT2D eigenvalue weighted by Crippen LogP contribution is -2.00. The number of carbonyl (C=O) groups is 1. The summed E-state index contributed by atoms with van der Waals surface area (Å²) in [4.78, 5) is 11.4. The first-order valence-electron chi connectivity index (χ1n) is 5.77. The van der Waals surface area contributed by atoms with Gasteiger partial charge < -0.3 is 9.52 Å². The van der Waals surface area contributed by atoms with Gasteiger partial charge >= 0.3 is 5.97 Å². The number of aromatic carboxylic acids is 1. The number of carboxylic acid groups (broad SMARTS) is 1. The van der Waals surface area contributed by atoms with Gasteiger partial charge in [0.1, 0.15) is 11.3 Å². The van der Waals surface area contributed by atoms with E-state index in [4.69, 9.17) is 16.0 Å². The molecule has 0 spiro atoms. The van der Waals surface area contributed by atoms with E-state index < -0.39 is 5.97 Å². The van der Waals surface area contributed by atoms with Gasteiger partial charge in [-0.1, -0.05) is 23.7 Å². The van der Waals surface area contributed by atoms with Crippen molar-refractivity contribution in [1.29, 1.82) is 0 Å². The predicted octanol–water partition coefficient (Wildman–Crippen LogP) is 4.18. The van der Waals surface area contributed by atoms with Gasteiger partial charge in [0.05, 0.1) is 6.26 Å². The Morgan fingerprint density at radius 3 is 2.50 bits per heavy atom. The summed E-state index contributed by atoms with van der Waals surface area (Å²) in [7, 11) is 0. The van der Waals surface area contributed by atoms with Crippen molar-refractivity contribution in [1.82, 2.24) is 0 Å². The van der Waals surface area contributed by atoms with Crippen molar-refractivity contribution in [2.24, 2.45) is 0 Å². The molecule has 0 saturated heterocycles. The summed E-state index contributed by atoms with van der Waals surface area (Å²) in [5.41, 5.74) is 1.73. The maximum Gasteiger partial charge on any atom is 0.339 e. The van der Waals surface area contributed by atoms with Crippen molar-refractivity contribution in [2.45, 2.75) is 18.8 Å². The molecule has 0 aliphatic heterocycles. The minimum absolute atomic E-state index is 0.275. The summed E-state index contributed by atoms with van der Waals surface area (Å²) in [5.74, 6) is -0.0554. The SMILES string of the molecule is O=C(O)c1c(-c2ccc(Cl)cc2)coc1C1CC1. The van der Waals surface area contributed by atoms with Gasteiger partial charge in [0.2, 0.25) is 0 Å². The van der Waals surface area contributed by atoms with Crippen LogP contribution in [0.2, 0.25) is 5.02 Å². The summed E-state index contributed by atoms with van der Waals surface area (Å²) in [6.07, 6.45) is 3.54. The lowest BCUT2D eigenvalue weighted by atomic mass is 10.0. The largest absolute Gasteiger partial charge is 0.478 e. The molecule has 1 fully saturated rings. The molecule has 1 aliphatic rings. The minimum Gasteiger partial charge on any atom is -0.478 e. The third kappa shape index (κ3) is 1.91. The molecule has 1 aliphatic carbocycles.